The number of carboxylic acid groups (broad SMARTS) is 1. The molecule has 0 bridgehead atoms. The number of benzene rings is 1. The number of carbonyl (C=O) groups is 1. The van der Waals surface area contributed by atoms with Crippen molar-refractivity contribution in [3.05, 3.63) is 33.0 Å². The number of hydrogen-bond donors (Lipinski definition) is 1. The Morgan fingerprint density at radius 2 is 2.24 bits per heavy atom. The van der Waals surface area contributed by atoms with Crippen LogP contribution in [-0.4, -0.2) is 11.1 Å². The Kier molecular flexibility index (Phi) is 3.73. The van der Waals surface area contributed by atoms with Gasteiger partial charge < -0.3 is 5.11 Å². The minimum atomic E-state index is -0.909. The molecule has 1 aromatic carbocycles. The minimum absolute atomic E-state index is 0.0410. The molecule has 1 atom stereocenters. The van der Waals surface area contributed by atoms with E-state index in [1.807, 2.05) is 0 Å². The van der Waals surface area contributed by atoms with Crippen molar-refractivity contribution in [1.29, 1.82) is 0 Å². The monoisotopic (exact) mass is 320 g/mol. The van der Waals surface area contributed by atoms with E-state index in [0.29, 0.717) is 10.0 Å². The first kappa shape index (κ1) is 12.8. The molecule has 1 aromatic rings. The van der Waals surface area contributed by atoms with E-state index in [0.717, 1.165) is 12.8 Å². The Labute approximate surface area is 112 Å². The Hall–Kier alpha value is -0.610. The average Bonchev–Trinajstić information content (AvgIpc) is 3.06. The summed E-state index contributed by atoms with van der Waals surface area (Å²) in [4.78, 5) is 10.9. The maximum atomic E-state index is 14.0. The number of rotatable bonds is 4. The standard InChI is InChI=1S/C12H11BrClFO2/c13-8-3-4-9(14)12(15)11(8)7(5-10(16)17)6-1-2-6/h3-4,6-7H,1-2,5H2,(H,16,17). The molecule has 0 saturated heterocycles. The first-order chi connectivity index (χ1) is 8.00. The summed E-state index contributed by atoms with van der Waals surface area (Å²) in [6, 6.07) is 3.13. The summed E-state index contributed by atoms with van der Waals surface area (Å²) in [5.41, 5.74) is 0.405. The topological polar surface area (TPSA) is 37.3 Å². The van der Waals surface area contributed by atoms with Crippen molar-refractivity contribution in [2.24, 2.45) is 5.92 Å². The zero-order chi connectivity index (χ0) is 12.6. The molecule has 1 fully saturated rings. The average molecular weight is 322 g/mol. The van der Waals surface area contributed by atoms with Gasteiger partial charge in [0, 0.05) is 16.0 Å². The molecule has 0 aliphatic heterocycles. The van der Waals surface area contributed by atoms with Crippen molar-refractivity contribution in [3.63, 3.8) is 0 Å². The van der Waals surface area contributed by atoms with Crippen molar-refractivity contribution >= 4 is 33.5 Å². The molecule has 0 aromatic heterocycles. The van der Waals surface area contributed by atoms with E-state index in [9.17, 15) is 9.18 Å². The lowest BCUT2D eigenvalue weighted by atomic mass is 9.90. The molecule has 0 radical (unpaired) electrons. The third-order valence-electron chi connectivity index (χ3n) is 3.04. The van der Waals surface area contributed by atoms with Crippen molar-refractivity contribution in [2.75, 3.05) is 0 Å². The molecule has 0 spiro atoms. The minimum Gasteiger partial charge on any atom is -0.481 e. The Morgan fingerprint density at radius 1 is 1.59 bits per heavy atom. The Morgan fingerprint density at radius 3 is 2.76 bits per heavy atom. The summed E-state index contributed by atoms with van der Waals surface area (Å²) in [5, 5.41) is 8.94. The highest BCUT2D eigenvalue weighted by Crippen LogP contribution is 2.47. The van der Waals surface area contributed by atoms with Crippen LogP contribution in [0.2, 0.25) is 5.02 Å². The molecule has 2 rings (SSSR count). The lowest BCUT2D eigenvalue weighted by Gasteiger charge is -2.17. The number of halogens is 3. The van der Waals surface area contributed by atoms with Crippen LogP contribution < -0.4 is 0 Å². The van der Waals surface area contributed by atoms with E-state index in [1.165, 1.54) is 6.07 Å². The second-order valence-electron chi connectivity index (χ2n) is 4.30. The number of carboxylic acids is 1. The Balaban J connectivity index is 2.41. The van der Waals surface area contributed by atoms with Gasteiger partial charge in [-0.15, -0.1) is 0 Å². The second kappa shape index (κ2) is 4.94. The predicted octanol–water partition coefficient (Wildman–Crippen LogP) is 4.21. The van der Waals surface area contributed by atoms with Crippen LogP contribution in [0.5, 0.6) is 0 Å². The van der Waals surface area contributed by atoms with Crippen LogP contribution in [-0.2, 0) is 4.79 Å². The van der Waals surface area contributed by atoms with Gasteiger partial charge in [-0.25, -0.2) is 4.39 Å². The van der Waals surface area contributed by atoms with Gasteiger partial charge in [-0.3, -0.25) is 4.79 Å². The van der Waals surface area contributed by atoms with Crippen LogP contribution in [0.3, 0.4) is 0 Å². The van der Waals surface area contributed by atoms with Gasteiger partial charge in [0.05, 0.1) is 11.4 Å². The van der Waals surface area contributed by atoms with Crippen LogP contribution in [0.15, 0.2) is 16.6 Å². The molecule has 0 heterocycles. The molecule has 1 saturated carbocycles. The molecule has 0 amide bonds. The maximum absolute atomic E-state index is 14.0. The lowest BCUT2D eigenvalue weighted by Crippen LogP contribution is -2.11. The highest BCUT2D eigenvalue weighted by atomic mass is 79.9. The van der Waals surface area contributed by atoms with Gasteiger partial charge in [-0.2, -0.15) is 0 Å². The number of aliphatic carboxylic acids is 1. The van der Waals surface area contributed by atoms with Gasteiger partial charge in [-0.1, -0.05) is 27.5 Å². The summed E-state index contributed by atoms with van der Waals surface area (Å²) < 4.78 is 14.6. The quantitative estimate of drug-likeness (QED) is 0.844. The smallest absolute Gasteiger partial charge is 0.303 e. The summed E-state index contributed by atoms with van der Waals surface area (Å²) in [6.07, 6.45) is 1.85. The van der Waals surface area contributed by atoms with E-state index in [-0.39, 0.29) is 23.3 Å². The third-order valence-corrected chi connectivity index (χ3v) is 4.02. The van der Waals surface area contributed by atoms with Crippen LogP contribution in [0.25, 0.3) is 0 Å². The van der Waals surface area contributed by atoms with Gasteiger partial charge in [0.25, 0.3) is 0 Å². The molecule has 1 unspecified atom stereocenters. The van der Waals surface area contributed by atoms with Crippen molar-refractivity contribution in [3.8, 4) is 0 Å². The van der Waals surface area contributed by atoms with Crippen LogP contribution in [0.1, 0.15) is 30.7 Å². The fourth-order valence-corrected chi connectivity index (χ4v) is 2.84. The largest absolute Gasteiger partial charge is 0.481 e. The zero-order valence-corrected chi connectivity index (χ0v) is 11.3. The fourth-order valence-electron chi connectivity index (χ4n) is 2.07. The third kappa shape index (κ3) is 2.80. The molecule has 92 valence electrons. The summed E-state index contributed by atoms with van der Waals surface area (Å²) in [7, 11) is 0. The molecule has 1 N–H and O–H groups in total. The summed E-state index contributed by atoms with van der Waals surface area (Å²) in [5.74, 6) is -1.44. The highest BCUT2D eigenvalue weighted by Gasteiger charge is 2.36. The fraction of sp³-hybridized carbons (Fsp3) is 0.417. The van der Waals surface area contributed by atoms with Gasteiger partial charge in [0.15, 0.2) is 0 Å². The summed E-state index contributed by atoms with van der Waals surface area (Å²) in [6.45, 7) is 0. The van der Waals surface area contributed by atoms with E-state index in [4.69, 9.17) is 16.7 Å². The van der Waals surface area contributed by atoms with Crippen LogP contribution in [0, 0.1) is 11.7 Å². The zero-order valence-electron chi connectivity index (χ0n) is 8.92. The molecule has 2 nitrogen and oxygen atoms in total. The normalized spacial score (nSPS) is 16.9. The van der Waals surface area contributed by atoms with Gasteiger partial charge in [-0.05, 0) is 30.9 Å². The van der Waals surface area contributed by atoms with Crippen LogP contribution in [0.4, 0.5) is 4.39 Å². The molecule has 1 aliphatic rings. The van der Waals surface area contributed by atoms with E-state index in [2.05, 4.69) is 15.9 Å². The molecule has 17 heavy (non-hydrogen) atoms. The van der Waals surface area contributed by atoms with Crippen molar-refractivity contribution in [2.45, 2.75) is 25.2 Å². The van der Waals surface area contributed by atoms with Gasteiger partial charge >= 0.3 is 5.97 Å². The second-order valence-corrected chi connectivity index (χ2v) is 5.56. The van der Waals surface area contributed by atoms with E-state index < -0.39 is 11.8 Å². The van der Waals surface area contributed by atoms with Crippen LogP contribution >= 0.6 is 27.5 Å². The predicted molar refractivity (Wildman–Crippen MR) is 66.8 cm³/mol. The number of hydrogen-bond acceptors (Lipinski definition) is 1. The molecular weight excluding hydrogens is 310 g/mol. The molecular formula is C12H11BrClFO2. The van der Waals surface area contributed by atoms with Gasteiger partial charge in [0.1, 0.15) is 5.82 Å². The van der Waals surface area contributed by atoms with Crippen molar-refractivity contribution in [1.82, 2.24) is 0 Å². The molecule has 5 heteroatoms. The lowest BCUT2D eigenvalue weighted by molar-refractivity contribution is -0.137. The Bertz CT molecular complexity index is 460. The highest BCUT2D eigenvalue weighted by molar-refractivity contribution is 9.10. The van der Waals surface area contributed by atoms with E-state index >= 15 is 0 Å². The first-order valence-electron chi connectivity index (χ1n) is 5.36. The first-order valence-corrected chi connectivity index (χ1v) is 6.53. The van der Waals surface area contributed by atoms with E-state index in [1.54, 1.807) is 6.07 Å². The maximum Gasteiger partial charge on any atom is 0.303 e. The molecule has 1 aliphatic carbocycles. The van der Waals surface area contributed by atoms with Gasteiger partial charge in [0.2, 0.25) is 0 Å². The van der Waals surface area contributed by atoms with Crippen molar-refractivity contribution < 1.29 is 14.3 Å². The SMILES string of the molecule is O=C(O)CC(c1c(Br)ccc(Cl)c1F)C1CC1. The summed E-state index contributed by atoms with van der Waals surface area (Å²) >= 11 is 9.02.